The van der Waals surface area contributed by atoms with Gasteiger partial charge in [-0.15, -0.1) is 0 Å². The van der Waals surface area contributed by atoms with Crippen LogP contribution < -0.4 is 10.1 Å². The summed E-state index contributed by atoms with van der Waals surface area (Å²) in [5.41, 5.74) is 2.34. The van der Waals surface area contributed by atoms with E-state index in [2.05, 4.69) is 19.2 Å². The third kappa shape index (κ3) is 5.50. The van der Waals surface area contributed by atoms with Gasteiger partial charge in [-0.3, -0.25) is 9.59 Å². The molecule has 0 saturated carbocycles. The first kappa shape index (κ1) is 23.2. The smallest absolute Gasteiger partial charge is 0.242 e. The van der Waals surface area contributed by atoms with Gasteiger partial charge >= 0.3 is 0 Å². The molecule has 33 heavy (non-hydrogen) atoms. The average molecular weight is 467 g/mol. The van der Waals surface area contributed by atoms with Gasteiger partial charge in [-0.05, 0) is 42.5 Å². The number of methoxy groups -OCH3 is 1. The highest BCUT2D eigenvalue weighted by Crippen LogP contribution is 2.27. The molecular weight excluding hydrogens is 436 g/mol. The van der Waals surface area contributed by atoms with Gasteiger partial charge in [0.2, 0.25) is 11.8 Å². The van der Waals surface area contributed by atoms with Gasteiger partial charge in [0.15, 0.2) is 5.16 Å². The molecule has 174 valence electrons. The van der Waals surface area contributed by atoms with Gasteiger partial charge in [0, 0.05) is 13.1 Å². The number of thioether (sulfide) groups is 1. The highest BCUT2D eigenvalue weighted by molar-refractivity contribution is 7.99. The van der Waals surface area contributed by atoms with Gasteiger partial charge in [0.1, 0.15) is 12.3 Å². The fourth-order valence-corrected chi connectivity index (χ4v) is 5.30. The van der Waals surface area contributed by atoms with E-state index in [4.69, 9.17) is 9.72 Å². The molecule has 1 aliphatic heterocycles. The minimum absolute atomic E-state index is 0.0943. The van der Waals surface area contributed by atoms with Gasteiger partial charge in [-0.2, -0.15) is 0 Å². The second-order valence-electron chi connectivity index (χ2n) is 8.75. The largest absolute Gasteiger partial charge is 0.495 e. The second kappa shape index (κ2) is 10.3. The molecule has 0 unspecified atom stereocenters. The number of anilines is 1. The molecule has 1 N–H and O–H groups in total. The number of ether oxygens (including phenoxy) is 1. The number of rotatable bonds is 7. The predicted molar refractivity (Wildman–Crippen MR) is 132 cm³/mol. The first-order chi connectivity index (χ1) is 15.9. The number of hydrogen-bond acceptors (Lipinski definition) is 5. The van der Waals surface area contributed by atoms with Crippen LogP contribution in [-0.4, -0.2) is 52.2 Å². The van der Waals surface area contributed by atoms with Crippen molar-refractivity contribution in [2.75, 3.05) is 31.3 Å². The SMILES string of the molecule is COc1ccccc1NC(=O)CSc1nc2ccccc2n1CC(=O)N1C[C@H](C)C[C@H](C)C1. The minimum Gasteiger partial charge on any atom is -0.495 e. The van der Waals surface area contributed by atoms with E-state index in [9.17, 15) is 9.59 Å². The lowest BCUT2D eigenvalue weighted by molar-refractivity contribution is -0.134. The molecule has 2 heterocycles. The number of benzene rings is 2. The summed E-state index contributed by atoms with van der Waals surface area (Å²) in [4.78, 5) is 32.5. The van der Waals surface area contributed by atoms with Crippen molar-refractivity contribution in [3.8, 4) is 5.75 Å². The molecular formula is C25H30N4O3S. The lowest BCUT2D eigenvalue weighted by atomic mass is 9.92. The van der Waals surface area contributed by atoms with Crippen molar-refractivity contribution in [3.05, 3.63) is 48.5 Å². The Kier molecular flexibility index (Phi) is 7.23. The molecule has 1 aromatic heterocycles. The molecule has 1 fully saturated rings. The number of likely N-dealkylation sites (tertiary alicyclic amines) is 1. The number of fused-ring (bicyclic) bond motifs is 1. The van der Waals surface area contributed by atoms with Gasteiger partial charge < -0.3 is 19.5 Å². The van der Waals surface area contributed by atoms with Gasteiger partial charge in [-0.25, -0.2) is 4.98 Å². The van der Waals surface area contributed by atoms with Crippen molar-refractivity contribution in [3.63, 3.8) is 0 Å². The van der Waals surface area contributed by atoms with Crippen molar-refractivity contribution in [2.45, 2.75) is 32.0 Å². The van der Waals surface area contributed by atoms with E-state index < -0.39 is 0 Å². The molecule has 0 bridgehead atoms. The number of nitrogens with one attached hydrogen (secondary N) is 1. The Morgan fingerprint density at radius 2 is 1.79 bits per heavy atom. The molecule has 1 saturated heterocycles. The summed E-state index contributed by atoms with van der Waals surface area (Å²) < 4.78 is 7.24. The fraction of sp³-hybridized carbons (Fsp3) is 0.400. The third-order valence-corrected chi connectivity index (χ3v) is 6.82. The first-order valence-corrected chi connectivity index (χ1v) is 12.2. The Balaban J connectivity index is 1.49. The van der Waals surface area contributed by atoms with Crippen LogP contribution in [0, 0.1) is 11.8 Å². The lowest BCUT2D eigenvalue weighted by Crippen LogP contribution is -2.44. The van der Waals surface area contributed by atoms with Gasteiger partial charge in [-0.1, -0.05) is 49.9 Å². The molecule has 1 aliphatic rings. The van der Waals surface area contributed by atoms with Gasteiger partial charge in [0.05, 0.1) is 29.6 Å². The zero-order valence-electron chi connectivity index (χ0n) is 19.3. The maximum atomic E-state index is 13.2. The fourth-order valence-electron chi connectivity index (χ4n) is 4.48. The van der Waals surface area contributed by atoms with E-state index >= 15 is 0 Å². The molecule has 2 amide bonds. The molecule has 0 radical (unpaired) electrons. The lowest BCUT2D eigenvalue weighted by Gasteiger charge is -2.35. The molecule has 4 rings (SSSR count). The highest BCUT2D eigenvalue weighted by atomic mass is 32.2. The van der Waals surface area contributed by atoms with Crippen molar-refractivity contribution < 1.29 is 14.3 Å². The standard InChI is InChI=1S/C25H30N4O3S/c1-17-12-18(2)14-28(13-17)24(31)15-29-21-10-6-4-8-19(21)27-25(29)33-16-23(30)26-20-9-5-7-11-22(20)32-3/h4-11,17-18H,12-16H2,1-3H3,(H,26,30)/t17-,18+. The molecule has 2 atom stereocenters. The summed E-state index contributed by atoms with van der Waals surface area (Å²) in [6.07, 6.45) is 1.15. The molecule has 0 spiro atoms. The number of hydrogen-bond donors (Lipinski definition) is 1. The summed E-state index contributed by atoms with van der Waals surface area (Å²) in [5.74, 6) is 1.73. The van der Waals surface area contributed by atoms with Crippen LogP contribution in [0.4, 0.5) is 5.69 Å². The van der Waals surface area contributed by atoms with Crippen LogP contribution in [0.5, 0.6) is 5.75 Å². The minimum atomic E-state index is -0.159. The van der Waals surface area contributed by atoms with Crippen LogP contribution in [-0.2, 0) is 16.1 Å². The molecule has 7 nitrogen and oxygen atoms in total. The Morgan fingerprint density at radius 1 is 1.09 bits per heavy atom. The Bertz CT molecular complexity index is 1140. The Hall–Kier alpha value is -3.00. The topological polar surface area (TPSA) is 76.5 Å². The quantitative estimate of drug-likeness (QED) is 0.526. The zero-order chi connectivity index (χ0) is 23.4. The van der Waals surface area contributed by atoms with Crippen LogP contribution in [0.15, 0.2) is 53.7 Å². The molecule has 8 heteroatoms. The van der Waals surface area contributed by atoms with Crippen molar-refractivity contribution >= 4 is 40.3 Å². The highest BCUT2D eigenvalue weighted by Gasteiger charge is 2.26. The van der Waals surface area contributed by atoms with E-state index in [0.29, 0.717) is 28.4 Å². The predicted octanol–water partition coefficient (Wildman–Crippen LogP) is 4.28. The number of nitrogens with zero attached hydrogens (tertiary/aromatic N) is 3. The summed E-state index contributed by atoms with van der Waals surface area (Å²) in [5, 5.41) is 3.55. The van der Waals surface area contributed by atoms with Crippen LogP contribution in [0.25, 0.3) is 11.0 Å². The average Bonchev–Trinajstić information content (AvgIpc) is 3.14. The maximum absolute atomic E-state index is 13.2. The summed E-state index contributed by atoms with van der Waals surface area (Å²) in [6, 6.07) is 15.1. The second-order valence-corrected chi connectivity index (χ2v) is 9.69. The first-order valence-electron chi connectivity index (χ1n) is 11.2. The number of piperidine rings is 1. The number of para-hydroxylation sites is 4. The number of carbonyl (C=O) groups excluding carboxylic acids is 2. The number of imidazole rings is 1. The van der Waals surface area contributed by atoms with Crippen molar-refractivity contribution in [1.29, 1.82) is 0 Å². The molecule has 3 aromatic rings. The van der Waals surface area contributed by atoms with Crippen LogP contribution >= 0.6 is 11.8 Å². The zero-order valence-corrected chi connectivity index (χ0v) is 20.1. The van der Waals surface area contributed by atoms with Crippen LogP contribution in [0.1, 0.15) is 20.3 Å². The summed E-state index contributed by atoms with van der Waals surface area (Å²) in [7, 11) is 1.57. The Morgan fingerprint density at radius 3 is 2.55 bits per heavy atom. The van der Waals surface area contributed by atoms with E-state index in [0.717, 1.165) is 30.5 Å². The monoisotopic (exact) mass is 466 g/mol. The maximum Gasteiger partial charge on any atom is 0.242 e. The van der Waals surface area contributed by atoms with E-state index in [-0.39, 0.29) is 24.1 Å². The van der Waals surface area contributed by atoms with E-state index in [1.165, 1.54) is 11.8 Å². The molecule has 0 aliphatic carbocycles. The van der Waals surface area contributed by atoms with Gasteiger partial charge in [0.25, 0.3) is 0 Å². The van der Waals surface area contributed by atoms with E-state index in [1.807, 2.05) is 45.9 Å². The van der Waals surface area contributed by atoms with Crippen molar-refractivity contribution in [1.82, 2.24) is 14.5 Å². The number of carbonyl (C=O) groups is 2. The van der Waals surface area contributed by atoms with E-state index in [1.54, 1.807) is 19.2 Å². The molecule has 2 aromatic carbocycles. The Labute approximate surface area is 198 Å². The summed E-state index contributed by atoms with van der Waals surface area (Å²) >= 11 is 1.33. The van der Waals surface area contributed by atoms with Crippen molar-refractivity contribution in [2.24, 2.45) is 11.8 Å². The number of aromatic nitrogens is 2. The third-order valence-electron chi connectivity index (χ3n) is 5.85. The summed E-state index contributed by atoms with van der Waals surface area (Å²) in [6.45, 7) is 6.20. The normalized spacial score (nSPS) is 18.3. The van der Waals surface area contributed by atoms with Crippen LogP contribution in [0.2, 0.25) is 0 Å². The number of amides is 2. The van der Waals surface area contributed by atoms with Crippen LogP contribution in [0.3, 0.4) is 0 Å².